The van der Waals surface area contributed by atoms with E-state index in [-0.39, 0.29) is 39.7 Å². The van der Waals surface area contributed by atoms with Crippen molar-refractivity contribution in [2.24, 2.45) is 11.8 Å². The molecular formula is C81H102O4S2. The molecule has 0 fully saturated rings. The summed E-state index contributed by atoms with van der Waals surface area (Å²) in [6.07, 6.45) is 47.9. The van der Waals surface area contributed by atoms with Crippen molar-refractivity contribution in [1.29, 1.82) is 0 Å². The van der Waals surface area contributed by atoms with E-state index >= 15 is 0 Å². The fourth-order valence-corrected chi connectivity index (χ4v) is 16.7. The topological polar surface area (TPSA) is 68.3 Å². The summed E-state index contributed by atoms with van der Waals surface area (Å²) in [6.45, 7) is 9.28. The van der Waals surface area contributed by atoms with E-state index in [0.717, 1.165) is 32.4 Å². The van der Waals surface area contributed by atoms with Gasteiger partial charge in [-0.05, 0) is 107 Å². The molecule has 2 atom stereocenters. The maximum Gasteiger partial charge on any atom is 0.197 e. The molecule has 3 aliphatic rings. The Balaban J connectivity index is 1.13. The molecule has 4 aromatic carbocycles. The number of carbonyl (C=O) groups is 4. The van der Waals surface area contributed by atoms with Crippen LogP contribution in [0.15, 0.2) is 120 Å². The first-order valence-corrected chi connectivity index (χ1v) is 36.6. The second kappa shape index (κ2) is 33.9. The lowest BCUT2D eigenvalue weighted by molar-refractivity contribution is 0.0975. The van der Waals surface area contributed by atoms with E-state index in [1.54, 1.807) is 46.9 Å². The Morgan fingerprint density at radius 2 is 0.621 bits per heavy atom. The van der Waals surface area contributed by atoms with Gasteiger partial charge in [-0.1, -0.05) is 306 Å². The van der Waals surface area contributed by atoms with Crippen LogP contribution >= 0.6 is 22.7 Å². The Kier molecular flexibility index (Phi) is 25.6. The number of hydrogen-bond donors (Lipinski definition) is 0. The van der Waals surface area contributed by atoms with Crippen molar-refractivity contribution in [3.63, 3.8) is 0 Å². The van der Waals surface area contributed by atoms with Gasteiger partial charge in [0.2, 0.25) is 0 Å². The van der Waals surface area contributed by atoms with Crippen molar-refractivity contribution in [2.45, 2.75) is 251 Å². The fraction of sp³-hybridized carbons (Fsp3) is 0.506. The Morgan fingerprint density at radius 1 is 0.333 bits per heavy atom. The third-order valence-corrected chi connectivity index (χ3v) is 21.9. The number of fused-ring (bicyclic) bond motifs is 5. The number of carbonyl (C=O) groups excluding carboxylic acids is 4. The maximum atomic E-state index is 13.7. The first-order valence-electron chi connectivity index (χ1n) is 35.0. The van der Waals surface area contributed by atoms with Crippen LogP contribution in [-0.2, 0) is 5.41 Å². The van der Waals surface area contributed by atoms with Gasteiger partial charge in [-0.15, -0.1) is 22.7 Å². The lowest BCUT2D eigenvalue weighted by Gasteiger charge is -2.39. The molecule has 0 saturated heterocycles. The van der Waals surface area contributed by atoms with Crippen LogP contribution in [0.3, 0.4) is 0 Å². The van der Waals surface area contributed by atoms with Crippen LogP contribution in [0.4, 0.5) is 0 Å². The van der Waals surface area contributed by atoms with E-state index in [9.17, 15) is 19.2 Å². The van der Waals surface area contributed by atoms with Crippen LogP contribution in [0.1, 0.15) is 308 Å². The number of rotatable bonds is 40. The molecule has 0 N–H and O–H groups in total. The summed E-state index contributed by atoms with van der Waals surface area (Å²) in [5, 5.41) is 0. The number of ketones is 4. The van der Waals surface area contributed by atoms with E-state index in [0.29, 0.717) is 34.1 Å². The minimum Gasteiger partial charge on any atom is -0.288 e. The SMILES string of the molecule is CCCCCCCCCCC(CCCCCCCC)CC1(CC(CCCCCCCC)CCCCCCCCCC)c2cc(-c3ccc(C=C4C(=O)c5ccccc5C4=O)s3)ccc2-c2ccc(-c3ccc(C=C4C(=O)c5ccccc5C4=O)s3)cc21. The van der Waals surface area contributed by atoms with E-state index in [1.165, 1.54) is 239 Å². The molecule has 9 rings (SSSR count). The zero-order valence-electron chi connectivity index (χ0n) is 53.7. The molecular weight excluding hydrogens is 1100 g/mol. The van der Waals surface area contributed by atoms with Gasteiger partial charge in [0.1, 0.15) is 0 Å². The lowest BCUT2D eigenvalue weighted by Crippen LogP contribution is -2.32. The highest BCUT2D eigenvalue weighted by molar-refractivity contribution is 7.16. The lowest BCUT2D eigenvalue weighted by atomic mass is 9.64. The molecule has 0 aliphatic heterocycles. The van der Waals surface area contributed by atoms with Gasteiger partial charge in [-0.3, -0.25) is 19.2 Å². The summed E-state index contributed by atoms with van der Waals surface area (Å²) in [5.74, 6) is 0.422. The molecule has 462 valence electrons. The van der Waals surface area contributed by atoms with Crippen molar-refractivity contribution in [3.8, 4) is 32.0 Å². The predicted octanol–water partition coefficient (Wildman–Crippen LogP) is 24.9. The number of Topliss-reactive ketones (excluding diaryl/α,β-unsaturated/α-hetero) is 4. The van der Waals surface area contributed by atoms with Crippen molar-refractivity contribution in [1.82, 2.24) is 0 Å². The monoisotopic (exact) mass is 1200 g/mol. The van der Waals surface area contributed by atoms with Gasteiger partial charge in [0.25, 0.3) is 0 Å². The normalized spacial score (nSPS) is 14.7. The molecule has 0 saturated carbocycles. The van der Waals surface area contributed by atoms with E-state index in [4.69, 9.17) is 0 Å². The fourth-order valence-electron chi connectivity index (χ4n) is 14.8. The molecule has 0 bridgehead atoms. The minimum absolute atomic E-state index is 0.184. The molecule has 4 nitrogen and oxygen atoms in total. The van der Waals surface area contributed by atoms with Crippen molar-refractivity contribution in [3.05, 3.63) is 163 Å². The predicted molar refractivity (Wildman–Crippen MR) is 372 cm³/mol. The standard InChI is InChI=1S/C81H102O4S2/c1-5-9-13-17-21-23-27-31-39-59(37-29-25-19-15-11-7-3)57-81(58-60(38-30-26-20-16-12-8-4)40-32-28-24-22-18-14-10-6-2)73-53-61(75-51-47-63(86-75)55-71-77(82)67-41-33-34-42-68(67)78(71)83)45-49-65(73)66-50-46-62(54-74(66)81)76-52-48-64(87-76)56-72-79(84)69-43-35-36-44-70(69)80(72)85/h33-36,41-56,59-60H,5-32,37-40,57-58H2,1-4H3. The van der Waals surface area contributed by atoms with Crippen LogP contribution in [0.2, 0.25) is 0 Å². The molecule has 2 aromatic heterocycles. The number of allylic oxidation sites excluding steroid dienone is 2. The van der Waals surface area contributed by atoms with Gasteiger partial charge in [0.15, 0.2) is 23.1 Å². The van der Waals surface area contributed by atoms with Gasteiger partial charge in [-0.2, -0.15) is 0 Å². The van der Waals surface area contributed by atoms with Gasteiger partial charge in [0, 0.05) is 47.2 Å². The molecule has 3 aliphatic carbocycles. The summed E-state index contributed by atoms with van der Waals surface area (Å²) < 4.78 is 0. The average molecular weight is 1200 g/mol. The average Bonchev–Trinajstić information content (AvgIpc) is 1.65. The number of unbranched alkanes of at least 4 members (excludes halogenated alkanes) is 24. The Bertz CT molecular complexity index is 2990. The maximum absolute atomic E-state index is 13.7. The minimum atomic E-state index is -0.232. The highest BCUT2D eigenvalue weighted by Gasteiger charge is 2.46. The zero-order chi connectivity index (χ0) is 60.8. The van der Waals surface area contributed by atoms with Gasteiger partial charge < -0.3 is 0 Å². The molecule has 87 heavy (non-hydrogen) atoms. The molecule has 0 spiro atoms. The number of thiophene rings is 2. The van der Waals surface area contributed by atoms with E-state index in [2.05, 4.69) is 88.4 Å². The van der Waals surface area contributed by atoms with E-state index in [1.807, 2.05) is 36.4 Å². The summed E-state index contributed by atoms with van der Waals surface area (Å²) in [4.78, 5) is 58.7. The molecule has 6 heteroatoms. The zero-order valence-corrected chi connectivity index (χ0v) is 55.3. The summed E-state index contributed by atoms with van der Waals surface area (Å²) in [6, 6.07) is 37.8. The number of hydrogen-bond acceptors (Lipinski definition) is 6. The molecule has 6 aromatic rings. The van der Waals surface area contributed by atoms with Crippen LogP contribution < -0.4 is 0 Å². The van der Waals surface area contributed by atoms with Crippen molar-refractivity contribution >= 4 is 58.0 Å². The second-order valence-corrected chi connectivity index (χ2v) is 28.5. The van der Waals surface area contributed by atoms with Crippen LogP contribution in [-0.4, -0.2) is 23.1 Å². The first kappa shape index (κ1) is 65.9. The summed E-state index contributed by atoms with van der Waals surface area (Å²) >= 11 is 3.36. The smallest absolute Gasteiger partial charge is 0.197 e. The molecule has 2 heterocycles. The molecule has 0 amide bonds. The quantitative estimate of drug-likeness (QED) is 0.0218. The highest BCUT2D eigenvalue weighted by atomic mass is 32.1. The third kappa shape index (κ3) is 17.0. The van der Waals surface area contributed by atoms with Gasteiger partial charge >= 0.3 is 0 Å². The summed E-state index contributed by atoms with van der Waals surface area (Å²) in [7, 11) is 0. The van der Waals surface area contributed by atoms with Gasteiger partial charge in [-0.25, -0.2) is 0 Å². The van der Waals surface area contributed by atoms with Gasteiger partial charge in [0.05, 0.1) is 11.1 Å². The third-order valence-electron chi connectivity index (χ3n) is 19.7. The number of benzene rings is 4. The molecule has 2 unspecified atom stereocenters. The van der Waals surface area contributed by atoms with E-state index < -0.39 is 0 Å². The first-order chi connectivity index (χ1) is 42.7. The Hall–Kier alpha value is -5.56. The highest BCUT2D eigenvalue weighted by Crippen LogP contribution is 2.58. The van der Waals surface area contributed by atoms with Crippen LogP contribution in [0.25, 0.3) is 44.2 Å². The Labute approximate surface area is 532 Å². The summed E-state index contributed by atoms with van der Waals surface area (Å²) in [5.41, 5.74) is 10.4. The molecule has 0 radical (unpaired) electrons. The van der Waals surface area contributed by atoms with Crippen molar-refractivity contribution in [2.75, 3.05) is 0 Å². The second-order valence-electron chi connectivity index (χ2n) is 26.3. The van der Waals surface area contributed by atoms with Crippen molar-refractivity contribution < 1.29 is 19.2 Å². The van der Waals surface area contributed by atoms with Crippen LogP contribution in [0, 0.1) is 11.8 Å². The Morgan fingerprint density at radius 3 is 0.920 bits per heavy atom. The van der Waals surface area contributed by atoms with Crippen LogP contribution in [0.5, 0.6) is 0 Å². The largest absolute Gasteiger partial charge is 0.288 e.